The second-order valence-corrected chi connectivity index (χ2v) is 6.84. The van der Waals surface area contributed by atoms with Crippen LogP contribution in [-0.4, -0.2) is 28.9 Å². The molecule has 0 bridgehead atoms. The highest BCUT2D eigenvalue weighted by molar-refractivity contribution is 5.93. The second kappa shape index (κ2) is 9.14. The normalized spacial score (nSPS) is 10.4. The summed E-state index contributed by atoms with van der Waals surface area (Å²) in [5.41, 5.74) is 4.77. The van der Waals surface area contributed by atoms with Crippen molar-refractivity contribution in [3.63, 3.8) is 0 Å². The molecule has 0 spiro atoms. The van der Waals surface area contributed by atoms with Crippen molar-refractivity contribution in [1.29, 1.82) is 5.26 Å². The van der Waals surface area contributed by atoms with Gasteiger partial charge in [0.05, 0.1) is 41.0 Å². The molecule has 1 aromatic heterocycles. The fourth-order valence-corrected chi connectivity index (χ4v) is 3.04. The van der Waals surface area contributed by atoms with Crippen LogP contribution in [0.5, 0.6) is 11.5 Å². The van der Waals surface area contributed by atoms with Gasteiger partial charge in [-0.05, 0) is 52.0 Å². The molecule has 154 valence electrons. The molecule has 30 heavy (non-hydrogen) atoms. The molecule has 2 aromatic carbocycles. The molecule has 0 aliphatic carbocycles. The zero-order valence-electron chi connectivity index (χ0n) is 17.5. The number of hydrogen-bond donors (Lipinski definition) is 1. The van der Waals surface area contributed by atoms with Crippen LogP contribution in [-0.2, 0) is 4.79 Å². The first-order valence-corrected chi connectivity index (χ1v) is 9.65. The van der Waals surface area contributed by atoms with Crippen molar-refractivity contribution in [3.8, 4) is 23.3 Å². The maximum atomic E-state index is 12.5. The van der Waals surface area contributed by atoms with Gasteiger partial charge in [-0.2, -0.15) is 10.4 Å². The lowest BCUT2D eigenvalue weighted by Crippen LogP contribution is -2.21. The number of carbonyl (C=O) groups excluding carboxylic acids is 1. The van der Waals surface area contributed by atoms with E-state index in [9.17, 15) is 4.79 Å². The average molecular weight is 404 g/mol. The topological polar surface area (TPSA) is 89.2 Å². The summed E-state index contributed by atoms with van der Waals surface area (Å²) in [6, 6.07) is 14.9. The van der Waals surface area contributed by atoms with Gasteiger partial charge in [0.15, 0.2) is 18.1 Å². The molecule has 3 aromatic rings. The quantitative estimate of drug-likeness (QED) is 0.641. The Morgan fingerprint density at radius 3 is 2.50 bits per heavy atom. The Bertz CT molecular complexity index is 1090. The number of hydrogen-bond acceptors (Lipinski definition) is 5. The fraction of sp³-hybridized carbons (Fsp3) is 0.261. The minimum absolute atomic E-state index is 0.194. The van der Waals surface area contributed by atoms with Gasteiger partial charge in [-0.15, -0.1) is 0 Å². The standard InChI is InChI=1S/C23H24N4O3/c1-5-29-21-12-18(13-24)8-11-20(21)30-14-22(28)25-23-16(3)26-27(17(23)4)19-9-6-15(2)7-10-19/h6-12H,5,14H2,1-4H3,(H,25,28). The first-order chi connectivity index (χ1) is 14.4. The van der Waals surface area contributed by atoms with Crippen LogP contribution < -0.4 is 14.8 Å². The van der Waals surface area contributed by atoms with E-state index in [4.69, 9.17) is 14.7 Å². The van der Waals surface area contributed by atoms with Crippen molar-refractivity contribution in [2.45, 2.75) is 27.7 Å². The van der Waals surface area contributed by atoms with Gasteiger partial charge < -0.3 is 14.8 Å². The maximum absolute atomic E-state index is 12.5. The number of nitrogens with one attached hydrogen (secondary N) is 1. The number of anilines is 1. The van der Waals surface area contributed by atoms with Gasteiger partial charge in [-0.1, -0.05) is 17.7 Å². The number of nitriles is 1. The van der Waals surface area contributed by atoms with Gasteiger partial charge in [-0.25, -0.2) is 4.68 Å². The number of amides is 1. The van der Waals surface area contributed by atoms with Crippen LogP contribution in [0, 0.1) is 32.1 Å². The van der Waals surface area contributed by atoms with Gasteiger partial charge in [0.25, 0.3) is 5.91 Å². The summed E-state index contributed by atoms with van der Waals surface area (Å²) in [5, 5.41) is 16.5. The summed E-state index contributed by atoms with van der Waals surface area (Å²) >= 11 is 0. The average Bonchev–Trinajstić information content (AvgIpc) is 3.01. The van der Waals surface area contributed by atoms with Gasteiger partial charge in [-0.3, -0.25) is 4.79 Å². The van der Waals surface area contributed by atoms with Crippen LogP contribution in [0.4, 0.5) is 5.69 Å². The summed E-state index contributed by atoms with van der Waals surface area (Å²) < 4.78 is 12.9. The monoisotopic (exact) mass is 404 g/mol. The second-order valence-electron chi connectivity index (χ2n) is 6.84. The van der Waals surface area contributed by atoms with Crippen LogP contribution in [0.25, 0.3) is 5.69 Å². The highest BCUT2D eigenvalue weighted by Gasteiger charge is 2.16. The summed E-state index contributed by atoms with van der Waals surface area (Å²) in [6.45, 7) is 7.86. The third-order valence-electron chi connectivity index (χ3n) is 4.57. The van der Waals surface area contributed by atoms with Crippen molar-refractivity contribution in [3.05, 3.63) is 65.0 Å². The molecular formula is C23H24N4O3. The molecule has 1 heterocycles. The smallest absolute Gasteiger partial charge is 0.262 e. The molecule has 0 atom stereocenters. The van der Waals surface area contributed by atoms with Gasteiger partial charge in [0, 0.05) is 6.07 Å². The molecule has 0 unspecified atom stereocenters. The van der Waals surface area contributed by atoms with Gasteiger partial charge in [0.2, 0.25) is 0 Å². The molecule has 0 saturated heterocycles. The summed E-state index contributed by atoms with van der Waals surface area (Å²) in [5.74, 6) is 0.537. The number of carbonyl (C=O) groups is 1. The Balaban J connectivity index is 1.72. The Hall–Kier alpha value is -3.79. The molecule has 1 N–H and O–H groups in total. The van der Waals surface area contributed by atoms with Crippen LogP contribution >= 0.6 is 0 Å². The minimum atomic E-state index is -0.309. The van der Waals surface area contributed by atoms with Crippen LogP contribution in [0.2, 0.25) is 0 Å². The summed E-state index contributed by atoms with van der Waals surface area (Å²) in [4.78, 5) is 12.5. The summed E-state index contributed by atoms with van der Waals surface area (Å²) in [6.07, 6.45) is 0. The van der Waals surface area contributed by atoms with Gasteiger partial charge >= 0.3 is 0 Å². The SMILES string of the molecule is CCOc1cc(C#N)ccc1OCC(=O)Nc1c(C)nn(-c2ccc(C)cc2)c1C. The molecule has 0 radical (unpaired) electrons. The van der Waals surface area contributed by atoms with E-state index >= 15 is 0 Å². The molecular weight excluding hydrogens is 380 g/mol. The van der Waals surface area contributed by atoms with Crippen LogP contribution in [0.3, 0.4) is 0 Å². The van der Waals surface area contributed by atoms with E-state index in [-0.39, 0.29) is 12.5 Å². The number of ether oxygens (including phenoxy) is 2. The lowest BCUT2D eigenvalue weighted by atomic mass is 10.2. The Labute approximate surface area is 175 Å². The fourth-order valence-electron chi connectivity index (χ4n) is 3.04. The zero-order chi connectivity index (χ0) is 21.7. The molecule has 1 amide bonds. The van der Waals surface area contributed by atoms with Gasteiger partial charge in [0.1, 0.15) is 0 Å². The van der Waals surface area contributed by atoms with E-state index in [0.29, 0.717) is 29.4 Å². The molecule has 7 heteroatoms. The molecule has 0 saturated carbocycles. The van der Waals surface area contributed by atoms with Crippen molar-refractivity contribution in [2.24, 2.45) is 0 Å². The van der Waals surface area contributed by atoms with E-state index < -0.39 is 0 Å². The molecule has 0 fully saturated rings. The lowest BCUT2D eigenvalue weighted by Gasteiger charge is -2.12. The Morgan fingerprint density at radius 2 is 1.83 bits per heavy atom. The summed E-state index contributed by atoms with van der Waals surface area (Å²) in [7, 11) is 0. The third-order valence-corrected chi connectivity index (χ3v) is 4.57. The van der Waals surface area contributed by atoms with Crippen molar-refractivity contribution in [2.75, 3.05) is 18.5 Å². The minimum Gasteiger partial charge on any atom is -0.490 e. The highest BCUT2D eigenvalue weighted by Crippen LogP contribution is 2.28. The zero-order valence-corrected chi connectivity index (χ0v) is 17.5. The number of aromatic nitrogens is 2. The van der Waals surface area contributed by atoms with E-state index in [1.54, 1.807) is 22.9 Å². The van der Waals surface area contributed by atoms with Crippen LogP contribution in [0.1, 0.15) is 29.4 Å². The largest absolute Gasteiger partial charge is 0.490 e. The Kier molecular flexibility index (Phi) is 6.38. The molecule has 3 rings (SSSR count). The van der Waals surface area contributed by atoms with E-state index in [0.717, 1.165) is 17.1 Å². The van der Waals surface area contributed by atoms with Crippen molar-refractivity contribution >= 4 is 11.6 Å². The predicted molar refractivity (Wildman–Crippen MR) is 114 cm³/mol. The molecule has 0 aliphatic rings. The first kappa shape index (κ1) is 20.9. The van der Waals surface area contributed by atoms with E-state index in [1.165, 1.54) is 5.56 Å². The number of aryl methyl sites for hydroxylation is 2. The highest BCUT2D eigenvalue weighted by atomic mass is 16.5. The number of benzene rings is 2. The predicted octanol–water partition coefficient (Wildman–Crippen LogP) is 4.09. The van der Waals surface area contributed by atoms with Crippen LogP contribution in [0.15, 0.2) is 42.5 Å². The maximum Gasteiger partial charge on any atom is 0.262 e. The molecule has 7 nitrogen and oxygen atoms in total. The Morgan fingerprint density at radius 1 is 1.10 bits per heavy atom. The van der Waals surface area contributed by atoms with Crippen molar-refractivity contribution < 1.29 is 14.3 Å². The first-order valence-electron chi connectivity index (χ1n) is 9.65. The van der Waals surface area contributed by atoms with E-state index in [1.807, 2.05) is 52.0 Å². The van der Waals surface area contributed by atoms with E-state index in [2.05, 4.69) is 16.5 Å². The molecule has 0 aliphatic heterocycles. The third kappa shape index (κ3) is 4.61. The lowest BCUT2D eigenvalue weighted by molar-refractivity contribution is -0.118. The number of nitrogens with zero attached hydrogens (tertiary/aromatic N) is 3. The number of rotatable bonds is 7. The van der Waals surface area contributed by atoms with Crippen molar-refractivity contribution in [1.82, 2.24) is 9.78 Å².